The average Bonchev–Trinajstić information content (AvgIpc) is 2.15. The molecule has 0 aliphatic heterocycles. The molecule has 0 saturated carbocycles. The highest BCUT2D eigenvalue weighted by molar-refractivity contribution is 9.10. The highest BCUT2D eigenvalue weighted by Crippen LogP contribution is 2.29. The quantitative estimate of drug-likeness (QED) is 0.804. The number of carbonyl (C=O) groups excluding carboxylic acids is 1. The summed E-state index contributed by atoms with van der Waals surface area (Å²) in [5.41, 5.74) is 0.901. The fourth-order valence-corrected chi connectivity index (χ4v) is 2.34. The lowest BCUT2D eigenvalue weighted by Crippen LogP contribution is -2.15. The Bertz CT molecular complexity index is 374. The molecule has 1 atom stereocenters. The van der Waals surface area contributed by atoms with E-state index in [4.69, 9.17) is 11.6 Å². The van der Waals surface area contributed by atoms with Crippen molar-refractivity contribution in [3.8, 4) is 0 Å². The maximum atomic E-state index is 11.8. The zero-order valence-electron chi connectivity index (χ0n) is 9.05. The van der Waals surface area contributed by atoms with Crippen molar-refractivity contribution < 1.29 is 4.79 Å². The van der Waals surface area contributed by atoms with Crippen LogP contribution in [-0.4, -0.2) is 5.78 Å². The minimum atomic E-state index is -0.134. The van der Waals surface area contributed by atoms with Gasteiger partial charge >= 0.3 is 0 Å². The fraction of sp³-hybridized carbons (Fsp3) is 0.417. The molecule has 0 N–H and O–H groups in total. The standard InChI is InChI=1S/C12H14BrClO/c1-7(2)12(15)8(3)10-5-4-9(13)6-11(10)14/h4-8H,1-3H3. The topological polar surface area (TPSA) is 17.1 Å². The molecule has 0 aliphatic rings. The first-order chi connectivity index (χ1) is 6.93. The van der Waals surface area contributed by atoms with Crippen molar-refractivity contribution >= 4 is 33.3 Å². The third kappa shape index (κ3) is 3.05. The molecule has 1 nitrogen and oxygen atoms in total. The lowest BCUT2D eigenvalue weighted by atomic mass is 9.90. The summed E-state index contributed by atoms with van der Waals surface area (Å²) in [4.78, 5) is 11.8. The number of hydrogen-bond donors (Lipinski definition) is 0. The van der Waals surface area contributed by atoms with Crippen molar-refractivity contribution in [1.29, 1.82) is 0 Å². The summed E-state index contributed by atoms with van der Waals surface area (Å²) in [5.74, 6) is 0.129. The van der Waals surface area contributed by atoms with Gasteiger partial charge in [-0.25, -0.2) is 0 Å². The lowest BCUT2D eigenvalue weighted by molar-refractivity contribution is -0.123. The fourth-order valence-electron chi connectivity index (χ4n) is 1.51. The summed E-state index contributed by atoms with van der Waals surface area (Å²) in [7, 11) is 0. The van der Waals surface area contributed by atoms with Crippen LogP contribution in [-0.2, 0) is 4.79 Å². The number of carbonyl (C=O) groups is 1. The van der Waals surface area contributed by atoms with Gasteiger partial charge in [0.25, 0.3) is 0 Å². The normalized spacial score (nSPS) is 12.9. The van der Waals surface area contributed by atoms with E-state index < -0.39 is 0 Å². The van der Waals surface area contributed by atoms with Gasteiger partial charge in [-0.3, -0.25) is 4.79 Å². The SMILES string of the molecule is CC(C)C(=O)C(C)c1ccc(Br)cc1Cl. The van der Waals surface area contributed by atoms with Gasteiger partial charge < -0.3 is 0 Å². The smallest absolute Gasteiger partial charge is 0.142 e. The first-order valence-electron chi connectivity index (χ1n) is 4.92. The average molecular weight is 290 g/mol. The predicted molar refractivity (Wildman–Crippen MR) is 67.4 cm³/mol. The molecule has 0 spiro atoms. The Morgan fingerprint density at radius 3 is 2.40 bits per heavy atom. The van der Waals surface area contributed by atoms with Crippen LogP contribution in [0.25, 0.3) is 0 Å². The number of Topliss-reactive ketones (excluding diaryl/α,β-unsaturated/α-hetero) is 1. The van der Waals surface area contributed by atoms with Gasteiger partial charge in [0.05, 0.1) is 0 Å². The van der Waals surface area contributed by atoms with Crippen molar-refractivity contribution in [2.45, 2.75) is 26.7 Å². The van der Waals surface area contributed by atoms with E-state index in [2.05, 4.69) is 15.9 Å². The minimum Gasteiger partial charge on any atom is -0.299 e. The van der Waals surface area contributed by atoms with Crippen molar-refractivity contribution in [3.05, 3.63) is 33.3 Å². The van der Waals surface area contributed by atoms with E-state index in [0.29, 0.717) is 5.02 Å². The molecule has 82 valence electrons. The largest absolute Gasteiger partial charge is 0.299 e. The molecule has 0 radical (unpaired) electrons. The van der Waals surface area contributed by atoms with Gasteiger partial charge in [0.15, 0.2) is 0 Å². The van der Waals surface area contributed by atoms with Crippen molar-refractivity contribution in [2.75, 3.05) is 0 Å². The predicted octanol–water partition coefficient (Wildman–Crippen LogP) is 4.43. The van der Waals surface area contributed by atoms with E-state index >= 15 is 0 Å². The number of hydrogen-bond acceptors (Lipinski definition) is 1. The number of ketones is 1. The van der Waals surface area contributed by atoms with Crippen molar-refractivity contribution in [2.24, 2.45) is 5.92 Å². The highest BCUT2D eigenvalue weighted by Gasteiger charge is 2.20. The molecule has 1 rings (SSSR count). The molecular weight excluding hydrogens is 275 g/mol. The van der Waals surface area contributed by atoms with Crippen LogP contribution in [0, 0.1) is 5.92 Å². The van der Waals surface area contributed by atoms with Crippen LogP contribution in [0.5, 0.6) is 0 Å². The van der Waals surface area contributed by atoms with Crippen LogP contribution in [0.2, 0.25) is 5.02 Å². The lowest BCUT2D eigenvalue weighted by Gasteiger charge is -2.14. The number of benzene rings is 1. The second-order valence-corrected chi connectivity index (χ2v) is 5.27. The van der Waals surface area contributed by atoms with E-state index in [1.165, 1.54) is 0 Å². The van der Waals surface area contributed by atoms with Crippen LogP contribution in [0.15, 0.2) is 22.7 Å². The zero-order valence-corrected chi connectivity index (χ0v) is 11.4. The Hall–Kier alpha value is -0.340. The van der Waals surface area contributed by atoms with Crippen LogP contribution in [0.4, 0.5) is 0 Å². The summed E-state index contributed by atoms with van der Waals surface area (Å²) in [5, 5.41) is 0.644. The molecule has 0 aromatic heterocycles. The van der Waals surface area contributed by atoms with E-state index in [-0.39, 0.29) is 17.6 Å². The highest BCUT2D eigenvalue weighted by atomic mass is 79.9. The molecule has 3 heteroatoms. The molecule has 0 heterocycles. The van der Waals surface area contributed by atoms with E-state index in [1.54, 1.807) is 0 Å². The van der Waals surface area contributed by atoms with Gasteiger partial charge in [-0.05, 0) is 17.7 Å². The Kier molecular flexibility index (Phi) is 4.35. The summed E-state index contributed by atoms with van der Waals surface area (Å²) in [6.45, 7) is 5.72. The van der Waals surface area contributed by atoms with Crippen LogP contribution >= 0.6 is 27.5 Å². The molecular formula is C12H14BrClO. The summed E-state index contributed by atoms with van der Waals surface area (Å²) < 4.78 is 0.931. The van der Waals surface area contributed by atoms with Gasteiger partial charge in [-0.15, -0.1) is 0 Å². The summed E-state index contributed by atoms with van der Waals surface area (Å²) >= 11 is 9.43. The number of halogens is 2. The van der Waals surface area contributed by atoms with Gasteiger partial charge in [0.1, 0.15) is 5.78 Å². The second kappa shape index (κ2) is 5.13. The monoisotopic (exact) mass is 288 g/mol. The number of rotatable bonds is 3. The first-order valence-corrected chi connectivity index (χ1v) is 6.09. The van der Waals surface area contributed by atoms with Crippen molar-refractivity contribution in [3.63, 3.8) is 0 Å². The second-order valence-electron chi connectivity index (χ2n) is 3.94. The first kappa shape index (κ1) is 12.7. The van der Waals surface area contributed by atoms with Crippen molar-refractivity contribution in [1.82, 2.24) is 0 Å². The van der Waals surface area contributed by atoms with Gasteiger partial charge in [-0.2, -0.15) is 0 Å². The van der Waals surface area contributed by atoms with Crippen LogP contribution in [0.1, 0.15) is 32.3 Å². The molecule has 1 aromatic rings. The summed E-state index contributed by atoms with van der Waals surface area (Å²) in [6.07, 6.45) is 0. The molecule has 1 unspecified atom stereocenters. The molecule has 0 saturated heterocycles. The van der Waals surface area contributed by atoms with Crippen LogP contribution < -0.4 is 0 Å². The Morgan fingerprint density at radius 2 is 1.93 bits per heavy atom. The third-order valence-corrected chi connectivity index (χ3v) is 3.25. The third-order valence-electron chi connectivity index (χ3n) is 2.42. The minimum absolute atomic E-state index is 0.0414. The Morgan fingerprint density at radius 1 is 1.33 bits per heavy atom. The molecule has 0 fully saturated rings. The van der Waals surface area contributed by atoms with Crippen LogP contribution in [0.3, 0.4) is 0 Å². The molecule has 0 aliphatic carbocycles. The van der Waals surface area contributed by atoms with E-state index in [1.807, 2.05) is 39.0 Å². The Labute approximate surface area is 104 Å². The molecule has 0 bridgehead atoms. The van der Waals surface area contributed by atoms with Gasteiger partial charge in [-0.1, -0.05) is 54.4 Å². The van der Waals surface area contributed by atoms with E-state index in [0.717, 1.165) is 10.0 Å². The maximum Gasteiger partial charge on any atom is 0.142 e. The zero-order chi connectivity index (χ0) is 11.6. The maximum absolute atomic E-state index is 11.8. The van der Waals surface area contributed by atoms with Gasteiger partial charge in [0, 0.05) is 21.3 Å². The Balaban J connectivity index is 3.01. The summed E-state index contributed by atoms with van der Waals surface area (Å²) in [6, 6.07) is 5.63. The molecule has 0 amide bonds. The van der Waals surface area contributed by atoms with Gasteiger partial charge in [0.2, 0.25) is 0 Å². The molecule has 1 aromatic carbocycles. The molecule has 15 heavy (non-hydrogen) atoms. The van der Waals surface area contributed by atoms with E-state index in [9.17, 15) is 4.79 Å².